The van der Waals surface area contributed by atoms with Gasteiger partial charge in [-0.2, -0.15) is 5.10 Å². The van der Waals surface area contributed by atoms with Gasteiger partial charge >= 0.3 is 0 Å². The smallest absolute Gasteiger partial charge is 0.258 e. The van der Waals surface area contributed by atoms with Crippen LogP contribution in [-0.4, -0.2) is 36.4 Å². The molecule has 1 aromatic carbocycles. The van der Waals surface area contributed by atoms with E-state index < -0.39 is 0 Å². The number of benzene rings is 1. The summed E-state index contributed by atoms with van der Waals surface area (Å²) in [6.45, 7) is 1.41. The molecule has 0 radical (unpaired) electrons. The van der Waals surface area contributed by atoms with Gasteiger partial charge in [-0.15, -0.1) is 0 Å². The number of nitrogen functional groups attached to an aromatic ring is 1. The number of carbonyl (C=O) groups is 1. The Bertz CT molecular complexity index is 582. The summed E-state index contributed by atoms with van der Waals surface area (Å²) in [5, 5.41) is 12.5. The average molecular weight is 289 g/mol. The van der Waals surface area contributed by atoms with Crippen LogP contribution in [0.4, 0.5) is 11.6 Å². The first kappa shape index (κ1) is 14.9. The minimum absolute atomic E-state index is 0.237. The third kappa shape index (κ3) is 3.96. The Morgan fingerprint density at radius 2 is 2.14 bits per heavy atom. The number of ether oxygens (including phenoxy) is 1. The van der Waals surface area contributed by atoms with E-state index in [1.165, 1.54) is 0 Å². The molecular formula is C14H19N5O2. The van der Waals surface area contributed by atoms with Crippen LogP contribution in [0, 0.1) is 0 Å². The Kier molecular flexibility index (Phi) is 5.16. The number of rotatable bonds is 7. The van der Waals surface area contributed by atoms with Crippen LogP contribution in [0.3, 0.4) is 0 Å². The van der Waals surface area contributed by atoms with Gasteiger partial charge in [-0.1, -0.05) is 30.3 Å². The molecule has 0 atom stereocenters. The molecule has 0 fully saturated rings. The van der Waals surface area contributed by atoms with Crippen LogP contribution in [0.1, 0.15) is 15.9 Å². The van der Waals surface area contributed by atoms with Crippen molar-refractivity contribution in [1.82, 2.24) is 15.5 Å². The molecule has 2 aromatic rings. The van der Waals surface area contributed by atoms with Crippen molar-refractivity contribution in [3.05, 3.63) is 41.5 Å². The minimum atomic E-state index is -0.283. The number of nitrogens with zero attached hydrogens (tertiary/aromatic N) is 1. The number of hydrogen-bond donors (Lipinski definition) is 4. The maximum absolute atomic E-state index is 12.1. The predicted octanol–water partition coefficient (Wildman–Crippen LogP) is 0.980. The number of H-pyrrole nitrogens is 1. The monoisotopic (exact) mass is 289 g/mol. The summed E-state index contributed by atoms with van der Waals surface area (Å²) in [6.07, 6.45) is 0. The Morgan fingerprint density at radius 3 is 2.86 bits per heavy atom. The third-order valence-corrected chi connectivity index (χ3v) is 2.92. The van der Waals surface area contributed by atoms with Gasteiger partial charge in [-0.05, 0) is 5.56 Å². The maximum atomic E-state index is 12.1. The number of methoxy groups -OCH3 is 1. The molecular weight excluding hydrogens is 270 g/mol. The van der Waals surface area contributed by atoms with E-state index in [1.54, 1.807) is 7.11 Å². The Hall–Kier alpha value is -2.54. The molecule has 0 aliphatic carbocycles. The first-order valence-electron chi connectivity index (χ1n) is 6.61. The van der Waals surface area contributed by atoms with Gasteiger partial charge in [0.1, 0.15) is 11.4 Å². The normalized spacial score (nSPS) is 10.3. The fourth-order valence-electron chi connectivity index (χ4n) is 1.85. The van der Waals surface area contributed by atoms with Crippen molar-refractivity contribution in [1.29, 1.82) is 0 Å². The topological polar surface area (TPSA) is 105 Å². The number of nitrogens with two attached hydrogens (primary N) is 1. The second-order valence-corrected chi connectivity index (χ2v) is 4.45. The molecule has 0 aliphatic heterocycles. The van der Waals surface area contributed by atoms with Crippen molar-refractivity contribution in [2.24, 2.45) is 0 Å². The van der Waals surface area contributed by atoms with Crippen molar-refractivity contribution < 1.29 is 9.53 Å². The highest BCUT2D eigenvalue weighted by molar-refractivity contribution is 6.03. The van der Waals surface area contributed by atoms with Crippen LogP contribution in [0.5, 0.6) is 0 Å². The molecule has 112 valence electrons. The van der Waals surface area contributed by atoms with Crippen LogP contribution in [0.25, 0.3) is 0 Å². The quantitative estimate of drug-likeness (QED) is 0.569. The summed E-state index contributed by atoms with van der Waals surface area (Å²) in [4.78, 5) is 12.1. The molecule has 0 saturated heterocycles. The highest BCUT2D eigenvalue weighted by Crippen LogP contribution is 2.19. The van der Waals surface area contributed by atoms with Crippen molar-refractivity contribution >= 4 is 17.5 Å². The van der Waals surface area contributed by atoms with E-state index in [0.717, 1.165) is 5.56 Å². The summed E-state index contributed by atoms with van der Waals surface area (Å²) in [5.74, 6) is 0.389. The molecule has 2 rings (SSSR count). The molecule has 1 heterocycles. The number of aromatic nitrogens is 2. The Labute approximate surface area is 122 Å². The molecule has 7 heteroatoms. The summed E-state index contributed by atoms with van der Waals surface area (Å²) < 4.78 is 4.89. The standard InChI is InChI=1S/C14H19N5O2/c1-21-8-7-16-14(20)11-12(15)18-19-13(11)17-9-10-5-3-2-4-6-10/h2-6H,7-9H2,1H3,(H,16,20)(H4,15,17,18,19). The van der Waals surface area contributed by atoms with E-state index in [4.69, 9.17) is 10.5 Å². The van der Waals surface area contributed by atoms with Crippen molar-refractivity contribution in [3.63, 3.8) is 0 Å². The Balaban J connectivity index is 2.02. The van der Waals surface area contributed by atoms with Gasteiger partial charge in [0.25, 0.3) is 5.91 Å². The van der Waals surface area contributed by atoms with Crippen molar-refractivity contribution in [3.8, 4) is 0 Å². The van der Waals surface area contributed by atoms with Crippen LogP contribution >= 0.6 is 0 Å². The first-order chi connectivity index (χ1) is 10.2. The Morgan fingerprint density at radius 1 is 1.38 bits per heavy atom. The second kappa shape index (κ2) is 7.30. The molecule has 0 aliphatic rings. The minimum Gasteiger partial charge on any atom is -0.383 e. The molecule has 1 aromatic heterocycles. The molecule has 0 saturated carbocycles. The summed E-state index contributed by atoms with van der Waals surface area (Å²) in [5.41, 5.74) is 7.17. The maximum Gasteiger partial charge on any atom is 0.258 e. The van der Waals surface area contributed by atoms with Gasteiger partial charge in [-0.3, -0.25) is 9.89 Å². The fraction of sp³-hybridized carbons (Fsp3) is 0.286. The largest absolute Gasteiger partial charge is 0.383 e. The number of aromatic amines is 1. The lowest BCUT2D eigenvalue weighted by Crippen LogP contribution is -2.28. The van der Waals surface area contributed by atoms with E-state index in [9.17, 15) is 4.79 Å². The molecule has 7 nitrogen and oxygen atoms in total. The van der Waals surface area contributed by atoms with E-state index >= 15 is 0 Å². The number of carbonyl (C=O) groups excluding carboxylic acids is 1. The zero-order chi connectivity index (χ0) is 15.1. The molecule has 0 bridgehead atoms. The number of nitrogens with one attached hydrogen (secondary N) is 3. The molecule has 0 spiro atoms. The summed E-state index contributed by atoms with van der Waals surface area (Å²) in [7, 11) is 1.57. The van der Waals surface area contributed by atoms with Crippen LogP contribution in [0.15, 0.2) is 30.3 Å². The number of hydrogen-bond acceptors (Lipinski definition) is 5. The van der Waals surface area contributed by atoms with Gasteiger partial charge in [-0.25, -0.2) is 0 Å². The average Bonchev–Trinajstić information content (AvgIpc) is 2.87. The van der Waals surface area contributed by atoms with Crippen molar-refractivity contribution in [2.75, 3.05) is 31.3 Å². The molecule has 0 unspecified atom stereocenters. The summed E-state index contributed by atoms with van der Waals surface area (Å²) >= 11 is 0. The highest BCUT2D eigenvalue weighted by Gasteiger charge is 2.18. The summed E-state index contributed by atoms with van der Waals surface area (Å²) in [6, 6.07) is 9.83. The van der Waals surface area contributed by atoms with E-state index in [1.807, 2.05) is 30.3 Å². The predicted molar refractivity (Wildman–Crippen MR) is 81.0 cm³/mol. The fourth-order valence-corrected chi connectivity index (χ4v) is 1.85. The first-order valence-corrected chi connectivity index (χ1v) is 6.61. The lowest BCUT2D eigenvalue weighted by Gasteiger charge is -2.07. The highest BCUT2D eigenvalue weighted by atomic mass is 16.5. The number of amides is 1. The lowest BCUT2D eigenvalue weighted by molar-refractivity contribution is 0.0939. The SMILES string of the molecule is COCCNC(=O)c1c(NCc2ccccc2)n[nH]c1N. The van der Waals surface area contributed by atoms with Crippen LogP contribution < -0.4 is 16.4 Å². The molecule has 5 N–H and O–H groups in total. The van der Waals surface area contributed by atoms with E-state index in [0.29, 0.717) is 31.1 Å². The van der Waals surface area contributed by atoms with Gasteiger partial charge < -0.3 is 21.1 Å². The second-order valence-electron chi connectivity index (χ2n) is 4.45. The third-order valence-electron chi connectivity index (χ3n) is 2.92. The van der Waals surface area contributed by atoms with Crippen molar-refractivity contribution in [2.45, 2.75) is 6.54 Å². The van der Waals surface area contributed by atoms with Gasteiger partial charge in [0.2, 0.25) is 0 Å². The van der Waals surface area contributed by atoms with E-state index in [-0.39, 0.29) is 11.7 Å². The van der Waals surface area contributed by atoms with Crippen LogP contribution in [0.2, 0.25) is 0 Å². The zero-order valence-electron chi connectivity index (χ0n) is 11.8. The van der Waals surface area contributed by atoms with Crippen LogP contribution in [-0.2, 0) is 11.3 Å². The number of anilines is 2. The lowest BCUT2D eigenvalue weighted by atomic mass is 10.2. The van der Waals surface area contributed by atoms with E-state index in [2.05, 4.69) is 20.8 Å². The van der Waals surface area contributed by atoms with Gasteiger partial charge in [0.15, 0.2) is 5.82 Å². The van der Waals surface area contributed by atoms with Gasteiger partial charge in [0, 0.05) is 20.2 Å². The van der Waals surface area contributed by atoms with Gasteiger partial charge in [0.05, 0.1) is 6.61 Å². The zero-order valence-corrected chi connectivity index (χ0v) is 11.8. The molecule has 21 heavy (non-hydrogen) atoms. The molecule has 1 amide bonds.